The van der Waals surface area contributed by atoms with Crippen LogP contribution in [-0.4, -0.2) is 61.8 Å². The summed E-state index contributed by atoms with van der Waals surface area (Å²) in [5.41, 5.74) is 5.91. The van der Waals surface area contributed by atoms with E-state index in [2.05, 4.69) is 0 Å². The van der Waals surface area contributed by atoms with Gasteiger partial charge in [0.25, 0.3) is 10.2 Å². The van der Waals surface area contributed by atoms with Crippen molar-refractivity contribution in [1.29, 1.82) is 0 Å². The van der Waals surface area contributed by atoms with Gasteiger partial charge in [-0.2, -0.15) is 17.0 Å². The summed E-state index contributed by atoms with van der Waals surface area (Å²) < 4.78 is 33.2. The predicted molar refractivity (Wildman–Crippen MR) is 78.6 cm³/mol. The molecule has 2 fully saturated rings. The lowest BCUT2D eigenvalue weighted by atomic mass is 10.0. The molecule has 2 aliphatic rings. The van der Waals surface area contributed by atoms with Crippen molar-refractivity contribution in [2.45, 2.75) is 32.7 Å². The summed E-state index contributed by atoms with van der Waals surface area (Å²) in [5, 5.41) is 0. The molecule has 0 bridgehead atoms. The number of carbonyl (C=O) groups excluding carboxylic acids is 1. The SMILES string of the molecule is CCOC(=O)C1CCCN(S(=O)(=O)N2CC(C)C(N)C2)C1. The minimum Gasteiger partial charge on any atom is -0.466 e. The Hall–Kier alpha value is -0.700. The smallest absolute Gasteiger partial charge is 0.310 e. The first-order valence-corrected chi connectivity index (χ1v) is 8.93. The van der Waals surface area contributed by atoms with Gasteiger partial charge < -0.3 is 10.5 Å². The highest BCUT2D eigenvalue weighted by atomic mass is 32.2. The highest BCUT2D eigenvalue weighted by molar-refractivity contribution is 7.86. The van der Waals surface area contributed by atoms with Crippen molar-refractivity contribution in [3.05, 3.63) is 0 Å². The van der Waals surface area contributed by atoms with Gasteiger partial charge >= 0.3 is 5.97 Å². The van der Waals surface area contributed by atoms with Crippen molar-refractivity contribution >= 4 is 16.2 Å². The summed E-state index contributed by atoms with van der Waals surface area (Å²) in [6, 6.07) is -0.120. The molecule has 0 aliphatic carbocycles. The number of nitrogens with zero attached hydrogens (tertiary/aromatic N) is 2. The number of rotatable bonds is 4. The maximum atomic E-state index is 12.6. The summed E-state index contributed by atoms with van der Waals surface area (Å²) in [6.07, 6.45) is 1.36. The molecule has 0 aromatic rings. The van der Waals surface area contributed by atoms with Crippen LogP contribution in [0.4, 0.5) is 0 Å². The quantitative estimate of drug-likeness (QED) is 0.724. The van der Waals surface area contributed by atoms with E-state index in [1.54, 1.807) is 6.92 Å². The molecule has 2 aliphatic heterocycles. The molecule has 2 rings (SSSR count). The Morgan fingerprint density at radius 3 is 2.57 bits per heavy atom. The molecule has 3 atom stereocenters. The molecule has 0 aromatic heterocycles. The van der Waals surface area contributed by atoms with E-state index in [1.807, 2.05) is 6.92 Å². The zero-order valence-electron chi connectivity index (χ0n) is 12.7. The van der Waals surface area contributed by atoms with Crippen LogP contribution >= 0.6 is 0 Å². The second-order valence-electron chi connectivity index (χ2n) is 5.92. The standard InChI is InChI=1S/C13H25N3O4S/c1-3-20-13(17)11-5-4-6-15(8-11)21(18,19)16-7-10(2)12(14)9-16/h10-12H,3-9,14H2,1-2H3. The monoisotopic (exact) mass is 319 g/mol. The van der Waals surface area contributed by atoms with Crippen molar-refractivity contribution in [3.63, 3.8) is 0 Å². The van der Waals surface area contributed by atoms with Crippen LogP contribution in [0, 0.1) is 11.8 Å². The molecular formula is C13H25N3O4S. The van der Waals surface area contributed by atoms with E-state index in [0.29, 0.717) is 39.1 Å². The van der Waals surface area contributed by atoms with Crippen LogP contribution in [0.15, 0.2) is 0 Å². The fourth-order valence-corrected chi connectivity index (χ4v) is 4.74. The van der Waals surface area contributed by atoms with Gasteiger partial charge in [0, 0.05) is 32.2 Å². The third-order valence-corrected chi connectivity index (χ3v) is 6.23. The Morgan fingerprint density at radius 2 is 2.00 bits per heavy atom. The number of piperidine rings is 1. The second-order valence-corrected chi connectivity index (χ2v) is 7.84. The predicted octanol–water partition coefficient (Wildman–Crippen LogP) is -0.215. The summed E-state index contributed by atoms with van der Waals surface area (Å²) in [7, 11) is -3.53. The van der Waals surface area contributed by atoms with Crippen molar-refractivity contribution in [3.8, 4) is 0 Å². The minimum atomic E-state index is -3.53. The Bertz CT molecular complexity index is 472. The lowest BCUT2D eigenvalue weighted by Gasteiger charge is -2.33. The highest BCUT2D eigenvalue weighted by Crippen LogP contribution is 2.25. The first-order valence-electron chi connectivity index (χ1n) is 7.53. The van der Waals surface area contributed by atoms with Gasteiger partial charge in [-0.05, 0) is 25.7 Å². The summed E-state index contributed by atoms with van der Waals surface area (Å²) in [5.74, 6) is -0.503. The molecule has 21 heavy (non-hydrogen) atoms. The molecule has 0 amide bonds. The highest BCUT2D eigenvalue weighted by Gasteiger charge is 2.40. The van der Waals surface area contributed by atoms with Crippen LogP contribution in [0.1, 0.15) is 26.7 Å². The van der Waals surface area contributed by atoms with E-state index in [4.69, 9.17) is 10.5 Å². The van der Waals surface area contributed by atoms with Crippen molar-refractivity contribution in [2.24, 2.45) is 17.6 Å². The first-order chi connectivity index (χ1) is 9.86. The van der Waals surface area contributed by atoms with Gasteiger partial charge in [-0.25, -0.2) is 0 Å². The number of hydrogen-bond acceptors (Lipinski definition) is 5. The van der Waals surface area contributed by atoms with Gasteiger partial charge in [0.05, 0.1) is 12.5 Å². The third-order valence-electron chi connectivity index (χ3n) is 4.29. The number of esters is 1. The molecule has 0 radical (unpaired) electrons. The summed E-state index contributed by atoms with van der Waals surface area (Å²) >= 11 is 0. The first kappa shape index (κ1) is 16.7. The summed E-state index contributed by atoms with van der Waals surface area (Å²) in [6.45, 7) is 5.49. The number of carbonyl (C=O) groups is 1. The Kier molecular flexibility index (Phi) is 5.24. The van der Waals surface area contributed by atoms with E-state index in [-0.39, 0.29) is 30.4 Å². The molecule has 8 heteroatoms. The van der Waals surface area contributed by atoms with Crippen LogP contribution in [0.3, 0.4) is 0 Å². The lowest BCUT2D eigenvalue weighted by Crippen LogP contribution is -2.49. The Balaban J connectivity index is 2.05. The number of ether oxygens (including phenoxy) is 1. The van der Waals surface area contributed by atoms with E-state index in [1.165, 1.54) is 8.61 Å². The van der Waals surface area contributed by atoms with Crippen LogP contribution in [0.25, 0.3) is 0 Å². The maximum absolute atomic E-state index is 12.6. The molecule has 0 aromatic carbocycles. The van der Waals surface area contributed by atoms with Crippen LogP contribution in [0.2, 0.25) is 0 Å². The average molecular weight is 319 g/mol. The van der Waals surface area contributed by atoms with Crippen LogP contribution < -0.4 is 5.73 Å². The molecule has 2 saturated heterocycles. The number of nitrogens with two attached hydrogens (primary N) is 1. The van der Waals surface area contributed by atoms with E-state index >= 15 is 0 Å². The summed E-state index contributed by atoms with van der Waals surface area (Å²) in [4.78, 5) is 11.8. The van der Waals surface area contributed by atoms with E-state index in [9.17, 15) is 13.2 Å². The van der Waals surface area contributed by atoms with Gasteiger partial charge in [-0.1, -0.05) is 6.92 Å². The van der Waals surface area contributed by atoms with Gasteiger partial charge in [0.2, 0.25) is 0 Å². The lowest BCUT2D eigenvalue weighted by molar-refractivity contribution is -0.149. The van der Waals surface area contributed by atoms with Gasteiger partial charge in [-0.3, -0.25) is 4.79 Å². The average Bonchev–Trinajstić information content (AvgIpc) is 2.80. The maximum Gasteiger partial charge on any atom is 0.310 e. The van der Waals surface area contributed by atoms with Gasteiger partial charge in [-0.15, -0.1) is 0 Å². The molecule has 0 spiro atoms. The molecule has 3 unspecified atom stereocenters. The normalized spacial score (nSPS) is 32.2. The Labute approximate surface area is 126 Å². The van der Waals surface area contributed by atoms with E-state index < -0.39 is 10.2 Å². The third kappa shape index (κ3) is 3.56. The van der Waals surface area contributed by atoms with Gasteiger partial charge in [0.1, 0.15) is 0 Å². The zero-order valence-corrected chi connectivity index (χ0v) is 13.5. The fourth-order valence-electron chi connectivity index (χ4n) is 2.90. The van der Waals surface area contributed by atoms with Crippen LogP contribution in [-0.2, 0) is 19.7 Å². The molecular weight excluding hydrogens is 294 g/mol. The minimum absolute atomic E-state index is 0.120. The molecule has 122 valence electrons. The van der Waals surface area contributed by atoms with Crippen LogP contribution in [0.5, 0.6) is 0 Å². The molecule has 2 heterocycles. The van der Waals surface area contributed by atoms with Crippen molar-refractivity contribution < 1.29 is 17.9 Å². The van der Waals surface area contributed by atoms with Gasteiger partial charge in [0.15, 0.2) is 0 Å². The number of hydrogen-bond donors (Lipinski definition) is 1. The molecule has 0 saturated carbocycles. The zero-order chi connectivity index (χ0) is 15.6. The molecule has 7 nitrogen and oxygen atoms in total. The van der Waals surface area contributed by atoms with Crippen molar-refractivity contribution in [2.75, 3.05) is 32.8 Å². The Morgan fingerprint density at radius 1 is 1.29 bits per heavy atom. The fraction of sp³-hybridized carbons (Fsp3) is 0.923. The molecule has 2 N–H and O–H groups in total. The van der Waals surface area contributed by atoms with Crippen molar-refractivity contribution in [1.82, 2.24) is 8.61 Å². The van der Waals surface area contributed by atoms with E-state index in [0.717, 1.165) is 0 Å². The largest absolute Gasteiger partial charge is 0.466 e. The second kappa shape index (κ2) is 6.60. The topological polar surface area (TPSA) is 92.9 Å².